The lowest BCUT2D eigenvalue weighted by molar-refractivity contribution is -0.116. The highest BCUT2D eigenvalue weighted by Gasteiger charge is 2.48. The summed E-state index contributed by atoms with van der Waals surface area (Å²) in [6.45, 7) is 9.66. The average molecular weight is 251 g/mol. The van der Waals surface area contributed by atoms with Crippen LogP contribution in [0.3, 0.4) is 0 Å². The van der Waals surface area contributed by atoms with Crippen LogP contribution in [-0.2, 0) is 11.2 Å². The predicted octanol–water partition coefficient (Wildman–Crippen LogP) is 3.00. The third-order valence-electron chi connectivity index (χ3n) is 4.12. The molecule has 0 saturated heterocycles. The molecule has 0 spiro atoms. The third kappa shape index (κ3) is 2.78. The van der Waals surface area contributed by atoms with Crippen molar-refractivity contribution < 1.29 is 9.15 Å². The zero-order chi connectivity index (χ0) is 13.2. The molecular formula is C15H25NO2. The summed E-state index contributed by atoms with van der Waals surface area (Å²) in [5, 5.41) is 3.69. The van der Waals surface area contributed by atoms with Gasteiger partial charge in [-0.25, -0.2) is 0 Å². The minimum absolute atomic E-state index is 0.230. The van der Waals surface area contributed by atoms with E-state index in [-0.39, 0.29) is 5.41 Å². The second kappa shape index (κ2) is 5.45. The fraction of sp³-hybridized carbons (Fsp3) is 0.733. The molecule has 0 aliphatic heterocycles. The normalized spacial score (nSPS) is 27.8. The van der Waals surface area contributed by atoms with Gasteiger partial charge in [-0.3, -0.25) is 0 Å². The van der Waals surface area contributed by atoms with Crippen LogP contribution in [0.1, 0.15) is 39.9 Å². The fourth-order valence-electron chi connectivity index (χ4n) is 2.79. The lowest BCUT2D eigenvalue weighted by atomic mass is 9.64. The Balaban J connectivity index is 1.80. The SMILES string of the molecule is CCOC1CC(NC(C)Cc2ccco2)C1(C)C. The highest BCUT2D eigenvalue weighted by atomic mass is 16.5. The molecule has 3 atom stereocenters. The van der Waals surface area contributed by atoms with Gasteiger partial charge in [-0.15, -0.1) is 0 Å². The molecule has 1 N–H and O–H groups in total. The van der Waals surface area contributed by atoms with Gasteiger partial charge >= 0.3 is 0 Å². The van der Waals surface area contributed by atoms with Crippen LogP contribution in [0.15, 0.2) is 22.8 Å². The zero-order valence-electron chi connectivity index (χ0n) is 11.9. The molecule has 1 aliphatic rings. The van der Waals surface area contributed by atoms with Crippen LogP contribution in [0.5, 0.6) is 0 Å². The van der Waals surface area contributed by atoms with E-state index in [1.807, 2.05) is 12.1 Å². The molecule has 1 fully saturated rings. The van der Waals surface area contributed by atoms with Gasteiger partial charge in [0.05, 0.1) is 12.4 Å². The van der Waals surface area contributed by atoms with Crippen LogP contribution in [0.4, 0.5) is 0 Å². The summed E-state index contributed by atoms with van der Waals surface area (Å²) in [6, 6.07) is 4.95. The zero-order valence-corrected chi connectivity index (χ0v) is 11.9. The molecule has 0 amide bonds. The van der Waals surface area contributed by atoms with Crippen molar-refractivity contribution in [3.8, 4) is 0 Å². The number of nitrogens with one attached hydrogen (secondary N) is 1. The second-order valence-electron chi connectivity index (χ2n) is 5.90. The van der Waals surface area contributed by atoms with E-state index in [0.29, 0.717) is 18.2 Å². The molecule has 3 nitrogen and oxygen atoms in total. The number of ether oxygens (including phenoxy) is 1. The van der Waals surface area contributed by atoms with Crippen molar-refractivity contribution in [1.29, 1.82) is 0 Å². The highest BCUT2D eigenvalue weighted by molar-refractivity contribution is 5.05. The molecule has 0 aromatic carbocycles. The molecular weight excluding hydrogens is 226 g/mol. The lowest BCUT2D eigenvalue weighted by Gasteiger charge is -2.52. The van der Waals surface area contributed by atoms with Crippen molar-refractivity contribution in [3.05, 3.63) is 24.2 Å². The van der Waals surface area contributed by atoms with Gasteiger partial charge in [-0.1, -0.05) is 13.8 Å². The van der Waals surface area contributed by atoms with Crippen molar-refractivity contribution in [3.63, 3.8) is 0 Å². The van der Waals surface area contributed by atoms with Crippen molar-refractivity contribution in [2.45, 2.75) is 58.7 Å². The van der Waals surface area contributed by atoms with Crippen molar-refractivity contribution >= 4 is 0 Å². The first-order chi connectivity index (χ1) is 8.54. The van der Waals surface area contributed by atoms with Crippen LogP contribution >= 0.6 is 0 Å². The van der Waals surface area contributed by atoms with E-state index in [1.165, 1.54) is 0 Å². The first-order valence-corrected chi connectivity index (χ1v) is 6.94. The van der Waals surface area contributed by atoms with Crippen molar-refractivity contribution in [2.24, 2.45) is 5.41 Å². The summed E-state index contributed by atoms with van der Waals surface area (Å²) >= 11 is 0. The van der Waals surface area contributed by atoms with E-state index >= 15 is 0 Å². The highest BCUT2D eigenvalue weighted by Crippen LogP contribution is 2.42. The number of rotatable bonds is 6. The molecule has 1 aliphatic carbocycles. The van der Waals surface area contributed by atoms with Gasteiger partial charge < -0.3 is 14.5 Å². The van der Waals surface area contributed by atoms with E-state index in [2.05, 4.69) is 33.0 Å². The maximum Gasteiger partial charge on any atom is 0.105 e. The molecule has 2 rings (SSSR count). The summed E-state index contributed by atoms with van der Waals surface area (Å²) in [5.74, 6) is 1.05. The van der Waals surface area contributed by atoms with Crippen molar-refractivity contribution in [1.82, 2.24) is 5.32 Å². The fourth-order valence-corrected chi connectivity index (χ4v) is 2.79. The molecule has 1 heterocycles. The van der Waals surface area contributed by atoms with Crippen LogP contribution in [0, 0.1) is 5.41 Å². The Kier molecular flexibility index (Phi) is 4.13. The topological polar surface area (TPSA) is 34.4 Å². The van der Waals surface area contributed by atoms with Gasteiger partial charge in [-0.2, -0.15) is 0 Å². The van der Waals surface area contributed by atoms with Crippen LogP contribution < -0.4 is 5.32 Å². The van der Waals surface area contributed by atoms with E-state index in [0.717, 1.165) is 25.2 Å². The number of furan rings is 1. The minimum atomic E-state index is 0.230. The van der Waals surface area contributed by atoms with Crippen LogP contribution in [-0.4, -0.2) is 24.8 Å². The second-order valence-corrected chi connectivity index (χ2v) is 5.90. The monoisotopic (exact) mass is 251 g/mol. The summed E-state index contributed by atoms with van der Waals surface area (Å²) in [4.78, 5) is 0. The van der Waals surface area contributed by atoms with Gasteiger partial charge in [0, 0.05) is 30.5 Å². The van der Waals surface area contributed by atoms with Gasteiger partial charge in [-0.05, 0) is 32.4 Å². The Labute approximate surface area is 110 Å². The Bertz CT molecular complexity index is 359. The molecule has 3 heteroatoms. The summed E-state index contributed by atoms with van der Waals surface area (Å²) < 4.78 is 11.1. The first kappa shape index (κ1) is 13.6. The van der Waals surface area contributed by atoms with Gasteiger partial charge in [0.15, 0.2) is 0 Å². The summed E-state index contributed by atoms with van der Waals surface area (Å²) in [6.07, 6.45) is 4.19. The Morgan fingerprint density at radius 3 is 2.89 bits per heavy atom. The lowest BCUT2D eigenvalue weighted by Crippen LogP contribution is -2.62. The molecule has 18 heavy (non-hydrogen) atoms. The first-order valence-electron chi connectivity index (χ1n) is 6.94. The average Bonchev–Trinajstić information content (AvgIpc) is 2.80. The molecule has 0 radical (unpaired) electrons. The van der Waals surface area contributed by atoms with E-state index < -0.39 is 0 Å². The van der Waals surface area contributed by atoms with E-state index in [9.17, 15) is 0 Å². The molecule has 102 valence electrons. The minimum Gasteiger partial charge on any atom is -0.469 e. The molecule has 1 aromatic rings. The Morgan fingerprint density at radius 2 is 2.33 bits per heavy atom. The number of hydrogen-bond donors (Lipinski definition) is 1. The van der Waals surface area contributed by atoms with Gasteiger partial charge in [0.1, 0.15) is 5.76 Å². The largest absolute Gasteiger partial charge is 0.469 e. The predicted molar refractivity (Wildman–Crippen MR) is 72.6 cm³/mol. The quantitative estimate of drug-likeness (QED) is 0.844. The molecule has 0 bridgehead atoms. The van der Waals surface area contributed by atoms with Crippen LogP contribution in [0.2, 0.25) is 0 Å². The smallest absolute Gasteiger partial charge is 0.105 e. The van der Waals surface area contributed by atoms with Gasteiger partial charge in [0.25, 0.3) is 0 Å². The summed E-state index contributed by atoms with van der Waals surface area (Å²) in [7, 11) is 0. The van der Waals surface area contributed by atoms with E-state index in [1.54, 1.807) is 6.26 Å². The maximum atomic E-state index is 5.75. The van der Waals surface area contributed by atoms with E-state index in [4.69, 9.17) is 9.15 Å². The molecule has 1 aromatic heterocycles. The van der Waals surface area contributed by atoms with Gasteiger partial charge in [0.2, 0.25) is 0 Å². The third-order valence-corrected chi connectivity index (χ3v) is 4.12. The molecule has 1 saturated carbocycles. The summed E-state index contributed by atoms with van der Waals surface area (Å²) in [5.41, 5.74) is 0.230. The maximum absolute atomic E-state index is 5.75. The van der Waals surface area contributed by atoms with Crippen molar-refractivity contribution in [2.75, 3.05) is 6.61 Å². The molecule has 3 unspecified atom stereocenters. The number of hydrogen-bond acceptors (Lipinski definition) is 3. The Hall–Kier alpha value is -0.800. The Morgan fingerprint density at radius 1 is 1.56 bits per heavy atom. The standard InChI is InChI=1S/C15H25NO2/c1-5-17-14-10-13(15(14,3)4)16-11(2)9-12-7-6-8-18-12/h6-8,11,13-14,16H,5,9-10H2,1-4H3. The van der Waals surface area contributed by atoms with Crippen LogP contribution in [0.25, 0.3) is 0 Å².